The van der Waals surface area contributed by atoms with Crippen LogP contribution in [-0.2, 0) is 16.1 Å². The van der Waals surface area contributed by atoms with E-state index in [2.05, 4.69) is 0 Å². The zero-order valence-corrected chi connectivity index (χ0v) is 20.9. The maximum absolute atomic E-state index is 13.3. The summed E-state index contributed by atoms with van der Waals surface area (Å²) in [7, 11) is 0. The molecule has 36 heavy (non-hydrogen) atoms. The number of nitrogens with zero attached hydrogens (tertiary/aromatic N) is 1. The van der Waals surface area contributed by atoms with Gasteiger partial charge in [-0.2, -0.15) is 0 Å². The maximum atomic E-state index is 13.3. The van der Waals surface area contributed by atoms with Crippen molar-refractivity contribution >= 4 is 17.4 Å². The highest BCUT2D eigenvalue weighted by molar-refractivity contribution is 6.46. The lowest BCUT2D eigenvalue weighted by molar-refractivity contribution is -0.140. The first-order chi connectivity index (χ1) is 17.4. The van der Waals surface area contributed by atoms with Crippen molar-refractivity contribution in [2.75, 3.05) is 13.2 Å². The topological polar surface area (TPSA) is 76.1 Å². The van der Waals surface area contributed by atoms with Crippen LogP contribution in [0.4, 0.5) is 0 Å². The third kappa shape index (κ3) is 5.13. The van der Waals surface area contributed by atoms with Crippen molar-refractivity contribution in [3.63, 3.8) is 0 Å². The minimum atomic E-state index is -0.786. The van der Waals surface area contributed by atoms with Gasteiger partial charge in [0, 0.05) is 12.1 Å². The van der Waals surface area contributed by atoms with Gasteiger partial charge in [0.05, 0.1) is 24.8 Å². The predicted octanol–water partition coefficient (Wildman–Crippen LogP) is 5.80. The molecule has 1 fully saturated rings. The monoisotopic (exact) mass is 485 g/mol. The number of ketones is 1. The van der Waals surface area contributed by atoms with E-state index in [1.807, 2.05) is 69.3 Å². The van der Waals surface area contributed by atoms with Crippen molar-refractivity contribution in [3.8, 4) is 11.5 Å². The molecule has 0 aromatic heterocycles. The van der Waals surface area contributed by atoms with Crippen LogP contribution in [-0.4, -0.2) is 34.9 Å². The highest BCUT2D eigenvalue weighted by Gasteiger charge is 2.46. The van der Waals surface area contributed by atoms with Gasteiger partial charge in [0.25, 0.3) is 11.7 Å². The van der Waals surface area contributed by atoms with Crippen molar-refractivity contribution in [2.45, 2.75) is 39.8 Å². The normalized spacial score (nSPS) is 16.9. The number of aliphatic hydroxyl groups excluding tert-OH is 1. The molecular formula is C30H31NO5. The fourth-order valence-corrected chi connectivity index (χ4v) is 4.33. The van der Waals surface area contributed by atoms with Crippen LogP contribution in [0.25, 0.3) is 5.76 Å². The molecule has 3 aromatic carbocycles. The lowest BCUT2D eigenvalue weighted by Crippen LogP contribution is -2.29. The summed E-state index contributed by atoms with van der Waals surface area (Å²) >= 11 is 0. The van der Waals surface area contributed by atoms with E-state index < -0.39 is 17.7 Å². The molecular weight excluding hydrogens is 454 g/mol. The minimum absolute atomic E-state index is 0.0597. The van der Waals surface area contributed by atoms with E-state index in [0.717, 1.165) is 17.5 Å². The lowest BCUT2D eigenvalue weighted by Gasteiger charge is -2.26. The second kappa shape index (κ2) is 11.1. The van der Waals surface area contributed by atoms with Gasteiger partial charge in [-0.25, -0.2) is 0 Å². The highest BCUT2D eigenvalue weighted by Crippen LogP contribution is 2.42. The molecule has 1 saturated heterocycles. The van der Waals surface area contributed by atoms with Crippen molar-refractivity contribution in [1.29, 1.82) is 0 Å². The van der Waals surface area contributed by atoms with Gasteiger partial charge in [-0.15, -0.1) is 0 Å². The van der Waals surface area contributed by atoms with Gasteiger partial charge in [-0.3, -0.25) is 9.59 Å². The van der Waals surface area contributed by atoms with Gasteiger partial charge >= 0.3 is 0 Å². The summed E-state index contributed by atoms with van der Waals surface area (Å²) in [5.74, 6) is -0.427. The third-order valence-electron chi connectivity index (χ3n) is 6.11. The van der Waals surface area contributed by atoms with Crippen LogP contribution in [0, 0.1) is 6.92 Å². The molecule has 1 aliphatic rings. The number of benzene rings is 3. The van der Waals surface area contributed by atoms with Crippen molar-refractivity contribution in [3.05, 3.63) is 101 Å². The van der Waals surface area contributed by atoms with E-state index in [9.17, 15) is 14.7 Å². The number of hydrogen-bond acceptors (Lipinski definition) is 5. The number of likely N-dealkylation sites (tertiary alicyclic amines) is 1. The summed E-state index contributed by atoms with van der Waals surface area (Å²) < 4.78 is 11.7. The second-order valence-electron chi connectivity index (χ2n) is 8.77. The van der Waals surface area contributed by atoms with Crippen LogP contribution in [0.1, 0.15) is 48.6 Å². The summed E-state index contributed by atoms with van der Waals surface area (Å²) in [6.07, 6.45) is 0.848. The summed E-state index contributed by atoms with van der Waals surface area (Å²) in [5.41, 5.74) is 3.11. The number of carbonyl (C=O) groups is 2. The zero-order valence-electron chi connectivity index (χ0n) is 20.9. The number of Topliss-reactive ketones (excluding diaryl/α,β-unsaturated/α-hetero) is 1. The molecule has 3 aromatic rings. The Hall–Kier alpha value is -4.06. The zero-order chi connectivity index (χ0) is 25.7. The first-order valence-corrected chi connectivity index (χ1v) is 12.2. The Morgan fingerprint density at radius 2 is 1.64 bits per heavy atom. The number of carbonyl (C=O) groups excluding carboxylic acids is 2. The van der Waals surface area contributed by atoms with Gasteiger partial charge in [-0.05, 0) is 43.5 Å². The molecule has 0 saturated carbocycles. The van der Waals surface area contributed by atoms with Crippen LogP contribution in [0.2, 0.25) is 0 Å². The molecule has 6 nitrogen and oxygen atoms in total. The Bertz CT molecular complexity index is 1260. The molecule has 0 bridgehead atoms. The molecule has 186 valence electrons. The van der Waals surface area contributed by atoms with Gasteiger partial charge in [-0.1, -0.05) is 73.2 Å². The first kappa shape index (κ1) is 25.0. The largest absolute Gasteiger partial charge is 0.507 e. The number of amides is 1. The Morgan fingerprint density at radius 3 is 2.31 bits per heavy atom. The van der Waals surface area contributed by atoms with Gasteiger partial charge in [0.2, 0.25) is 0 Å². The van der Waals surface area contributed by atoms with Crippen LogP contribution in [0.3, 0.4) is 0 Å². The molecule has 1 N–H and O–H groups in total. The number of aryl methyl sites for hydroxylation is 1. The number of hydrogen-bond donors (Lipinski definition) is 1. The van der Waals surface area contributed by atoms with E-state index in [1.165, 1.54) is 4.90 Å². The molecule has 1 amide bonds. The molecule has 0 spiro atoms. The fourth-order valence-electron chi connectivity index (χ4n) is 4.33. The molecule has 0 aliphatic carbocycles. The van der Waals surface area contributed by atoms with Crippen LogP contribution in [0.5, 0.6) is 11.5 Å². The predicted molar refractivity (Wildman–Crippen MR) is 139 cm³/mol. The molecule has 1 aliphatic heterocycles. The van der Waals surface area contributed by atoms with E-state index in [1.54, 1.807) is 24.3 Å². The second-order valence-corrected chi connectivity index (χ2v) is 8.77. The van der Waals surface area contributed by atoms with Gasteiger partial charge in [0.1, 0.15) is 5.76 Å². The minimum Gasteiger partial charge on any atom is -0.507 e. The third-order valence-corrected chi connectivity index (χ3v) is 6.11. The van der Waals surface area contributed by atoms with Crippen LogP contribution < -0.4 is 9.47 Å². The SMILES string of the molecule is CCCOc1ccc(C2C(=C(O)c3ccc(C)cc3)C(=O)C(=O)N2Cc2ccccc2)cc1OCC. The maximum Gasteiger partial charge on any atom is 0.295 e. The summed E-state index contributed by atoms with van der Waals surface area (Å²) in [4.78, 5) is 28.1. The van der Waals surface area contributed by atoms with E-state index >= 15 is 0 Å². The number of rotatable bonds is 9. The molecule has 1 atom stereocenters. The van der Waals surface area contributed by atoms with E-state index in [0.29, 0.717) is 35.8 Å². The average molecular weight is 486 g/mol. The van der Waals surface area contributed by atoms with Crippen LogP contribution >= 0.6 is 0 Å². The Labute approximate surface area is 211 Å². The summed E-state index contributed by atoms with van der Waals surface area (Å²) in [6.45, 7) is 7.05. The summed E-state index contributed by atoms with van der Waals surface area (Å²) in [6, 6.07) is 21.3. The fraction of sp³-hybridized carbons (Fsp3) is 0.267. The number of aliphatic hydroxyl groups is 1. The van der Waals surface area contributed by atoms with Crippen molar-refractivity contribution in [2.24, 2.45) is 0 Å². The molecule has 0 radical (unpaired) electrons. The van der Waals surface area contributed by atoms with Crippen molar-refractivity contribution in [1.82, 2.24) is 4.90 Å². The Balaban J connectivity index is 1.86. The molecule has 4 rings (SSSR count). The molecule has 1 unspecified atom stereocenters. The van der Waals surface area contributed by atoms with Crippen LogP contribution in [0.15, 0.2) is 78.4 Å². The van der Waals surface area contributed by atoms with Crippen molar-refractivity contribution < 1.29 is 24.2 Å². The highest BCUT2D eigenvalue weighted by atomic mass is 16.5. The quantitative estimate of drug-likeness (QED) is 0.235. The Morgan fingerprint density at radius 1 is 0.917 bits per heavy atom. The lowest BCUT2D eigenvalue weighted by atomic mass is 9.94. The molecule has 6 heteroatoms. The smallest absolute Gasteiger partial charge is 0.295 e. The van der Waals surface area contributed by atoms with Gasteiger partial charge in [0.15, 0.2) is 11.5 Å². The van der Waals surface area contributed by atoms with Gasteiger partial charge < -0.3 is 19.5 Å². The standard InChI is InChI=1S/C30H31NO5/c1-4-17-36-24-16-15-23(18-25(24)35-5-2)27-26(28(32)22-13-11-20(3)12-14-22)29(33)30(34)31(27)19-21-9-7-6-8-10-21/h6-16,18,27,32H,4-5,17,19H2,1-3H3. The Kier molecular flexibility index (Phi) is 7.74. The number of ether oxygens (including phenoxy) is 2. The first-order valence-electron chi connectivity index (χ1n) is 12.2. The van der Waals surface area contributed by atoms with E-state index in [-0.39, 0.29) is 17.9 Å². The van der Waals surface area contributed by atoms with E-state index in [4.69, 9.17) is 9.47 Å². The average Bonchev–Trinajstić information content (AvgIpc) is 3.13. The summed E-state index contributed by atoms with van der Waals surface area (Å²) in [5, 5.41) is 11.3. The molecule has 1 heterocycles.